The van der Waals surface area contributed by atoms with Crippen LogP contribution in [0, 0.1) is 11.3 Å². The van der Waals surface area contributed by atoms with E-state index in [1.54, 1.807) is 26.4 Å². The fourth-order valence-electron chi connectivity index (χ4n) is 3.38. The molecule has 11 heteroatoms. The molecule has 176 valence electrons. The molecule has 1 aromatic carbocycles. The number of hydrogen-bond acceptors (Lipinski definition) is 6. The minimum absolute atomic E-state index is 0.0388. The smallest absolute Gasteiger partial charge is 0.414 e. The topological polar surface area (TPSA) is 158 Å². The summed E-state index contributed by atoms with van der Waals surface area (Å²) in [6, 6.07) is 12.0. The maximum absolute atomic E-state index is 12.4. The first kappa shape index (κ1) is 25.4. The van der Waals surface area contributed by atoms with Gasteiger partial charge in [-0.05, 0) is 24.8 Å². The lowest BCUT2D eigenvalue weighted by atomic mass is 10.1. The summed E-state index contributed by atoms with van der Waals surface area (Å²) in [7, 11) is 0. The molecule has 2 aromatic rings. The molecule has 1 aromatic heterocycles. The minimum Gasteiger partial charge on any atom is -0.473 e. The third kappa shape index (κ3) is 7.93. The van der Waals surface area contributed by atoms with Gasteiger partial charge in [-0.15, -0.1) is 0 Å². The number of imidazole rings is 1. The number of aliphatic carboxylic acids is 2. The van der Waals surface area contributed by atoms with Crippen molar-refractivity contribution in [2.24, 2.45) is 0 Å². The Hall–Kier alpha value is -3.91. The molecule has 0 spiro atoms. The standard InChI is InChI=1S/C20H25N5O2.C2H2O4/c21-15-18-7-4-10-25(18)19(26)16-22-9-12-24-14-13-23(20(24)27)11-8-17-5-2-1-3-6-17;3-1(4)2(5)6/h1-3,5-6,13-14,18,22H,4,7-12,16H2;(H,3,4)(H,5,6). The van der Waals surface area contributed by atoms with Crippen molar-refractivity contribution in [1.29, 1.82) is 5.26 Å². The summed E-state index contributed by atoms with van der Waals surface area (Å²) >= 11 is 0. The molecule has 2 heterocycles. The van der Waals surface area contributed by atoms with Gasteiger partial charge in [-0.3, -0.25) is 13.9 Å². The van der Waals surface area contributed by atoms with Gasteiger partial charge < -0.3 is 20.4 Å². The lowest BCUT2D eigenvalue weighted by molar-refractivity contribution is -0.159. The highest BCUT2D eigenvalue weighted by atomic mass is 16.4. The van der Waals surface area contributed by atoms with Crippen LogP contribution in [-0.2, 0) is 33.9 Å². The third-order valence-electron chi connectivity index (χ3n) is 5.11. The predicted octanol–water partition coefficient (Wildman–Crippen LogP) is 0.152. The maximum Gasteiger partial charge on any atom is 0.414 e. The van der Waals surface area contributed by atoms with Crippen molar-refractivity contribution in [2.75, 3.05) is 19.6 Å². The monoisotopic (exact) mass is 457 g/mol. The number of aryl methyl sites for hydroxylation is 2. The first-order valence-electron chi connectivity index (χ1n) is 10.5. The Morgan fingerprint density at radius 1 is 1.06 bits per heavy atom. The number of nitriles is 1. The Morgan fingerprint density at radius 2 is 1.70 bits per heavy atom. The van der Waals surface area contributed by atoms with E-state index < -0.39 is 11.9 Å². The van der Waals surface area contributed by atoms with E-state index in [0.717, 1.165) is 19.3 Å². The van der Waals surface area contributed by atoms with Crippen LogP contribution in [0.4, 0.5) is 0 Å². The Morgan fingerprint density at radius 3 is 2.30 bits per heavy atom. The summed E-state index contributed by atoms with van der Waals surface area (Å²) < 4.78 is 3.36. The zero-order chi connectivity index (χ0) is 24.2. The van der Waals surface area contributed by atoms with Crippen LogP contribution in [0.5, 0.6) is 0 Å². The van der Waals surface area contributed by atoms with Gasteiger partial charge in [0, 0.05) is 38.6 Å². The van der Waals surface area contributed by atoms with Crippen molar-refractivity contribution >= 4 is 17.8 Å². The average Bonchev–Trinajstić information content (AvgIpc) is 3.43. The highest BCUT2D eigenvalue weighted by molar-refractivity contribution is 6.27. The number of nitrogens with one attached hydrogen (secondary N) is 1. The van der Waals surface area contributed by atoms with E-state index in [1.165, 1.54) is 5.56 Å². The van der Waals surface area contributed by atoms with Gasteiger partial charge in [0.1, 0.15) is 6.04 Å². The zero-order valence-corrected chi connectivity index (χ0v) is 18.1. The molecule has 1 fully saturated rings. The van der Waals surface area contributed by atoms with E-state index in [-0.39, 0.29) is 24.2 Å². The fraction of sp³-hybridized carbons (Fsp3) is 0.409. The van der Waals surface area contributed by atoms with Gasteiger partial charge >= 0.3 is 17.6 Å². The van der Waals surface area contributed by atoms with Crippen molar-refractivity contribution in [2.45, 2.75) is 38.4 Å². The molecule has 1 aliphatic rings. The van der Waals surface area contributed by atoms with Crippen LogP contribution < -0.4 is 11.0 Å². The number of hydrogen-bond donors (Lipinski definition) is 3. The lowest BCUT2D eigenvalue weighted by Gasteiger charge is -2.19. The zero-order valence-electron chi connectivity index (χ0n) is 18.1. The van der Waals surface area contributed by atoms with Crippen LogP contribution in [0.3, 0.4) is 0 Å². The molecule has 3 rings (SSSR count). The lowest BCUT2D eigenvalue weighted by Crippen LogP contribution is -2.41. The Balaban J connectivity index is 0.000000569. The first-order chi connectivity index (χ1) is 15.8. The van der Waals surface area contributed by atoms with E-state index in [1.807, 2.05) is 18.2 Å². The summed E-state index contributed by atoms with van der Waals surface area (Å²) in [5.41, 5.74) is 1.16. The number of amides is 1. The van der Waals surface area contributed by atoms with Gasteiger partial charge in [0.25, 0.3) is 0 Å². The molecule has 0 radical (unpaired) electrons. The van der Waals surface area contributed by atoms with Crippen molar-refractivity contribution in [3.05, 3.63) is 58.8 Å². The molecule has 0 bridgehead atoms. The molecule has 1 atom stereocenters. The first-order valence-corrected chi connectivity index (χ1v) is 10.5. The number of rotatable bonds is 8. The van der Waals surface area contributed by atoms with Gasteiger partial charge in [0.15, 0.2) is 0 Å². The highest BCUT2D eigenvalue weighted by Gasteiger charge is 2.27. The molecule has 1 amide bonds. The second-order valence-electron chi connectivity index (χ2n) is 7.36. The molecule has 1 saturated heterocycles. The number of benzene rings is 1. The highest BCUT2D eigenvalue weighted by Crippen LogP contribution is 2.15. The minimum atomic E-state index is -1.82. The van der Waals surface area contributed by atoms with Crippen molar-refractivity contribution in [3.63, 3.8) is 0 Å². The second kappa shape index (κ2) is 12.8. The summed E-state index contributed by atoms with van der Waals surface area (Å²) in [5.74, 6) is -3.70. The van der Waals surface area contributed by atoms with E-state index in [2.05, 4.69) is 23.5 Å². The third-order valence-corrected chi connectivity index (χ3v) is 5.11. The summed E-state index contributed by atoms with van der Waals surface area (Å²) in [6.45, 7) is 2.53. The van der Waals surface area contributed by atoms with E-state index in [9.17, 15) is 9.59 Å². The Bertz CT molecular complexity index is 1030. The summed E-state index contributed by atoms with van der Waals surface area (Å²) in [4.78, 5) is 44.4. The number of aromatic nitrogens is 2. The van der Waals surface area contributed by atoms with Crippen LogP contribution in [0.25, 0.3) is 0 Å². The van der Waals surface area contributed by atoms with E-state index in [4.69, 9.17) is 25.1 Å². The quantitative estimate of drug-likeness (QED) is 0.373. The van der Waals surface area contributed by atoms with Gasteiger partial charge in [0.2, 0.25) is 5.91 Å². The maximum atomic E-state index is 12.4. The van der Waals surface area contributed by atoms with Crippen molar-refractivity contribution in [1.82, 2.24) is 19.4 Å². The molecular formula is C22H27N5O6. The number of carboxylic acids is 2. The SMILES string of the molecule is N#CC1CCCN1C(=O)CNCCn1ccn(CCc2ccccc2)c1=O.O=C(O)C(=O)O. The summed E-state index contributed by atoms with van der Waals surface area (Å²) in [6.07, 6.45) is 6.04. The van der Waals surface area contributed by atoms with Crippen molar-refractivity contribution in [3.8, 4) is 6.07 Å². The fourth-order valence-corrected chi connectivity index (χ4v) is 3.38. The largest absolute Gasteiger partial charge is 0.473 e. The molecule has 1 aliphatic heterocycles. The molecule has 11 nitrogen and oxygen atoms in total. The van der Waals surface area contributed by atoms with E-state index >= 15 is 0 Å². The van der Waals surface area contributed by atoms with Crippen LogP contribution in [0.2, 0.25) is 0 Å². The van der Waals surface area contributed by atoms with Crippen molar-refractivity contribution < 1.29 is 24.6 Å². The Kier molecular flexibility index (Phi) is 9.85. The van der Waals surface area contributed by atoms with Crippen LogP contribution in [0.15, 0.2) is 47.5 Å². The van der Waals surface area contributed by atoms with Crippen LogP contribution in [-0.4, -0.2) is 67.8 Å². The normalized spacial score (nSPS) is 14.8. The van der Waals surface area contributed by atoms with Crippen LogP contribution in [0.1, 0.15) is 18.4 Å². The summed E-state index contributed by atoms with van der Waals surface area (Å²) in [5, 5.41) is 26.9. The Labute approximate surface area is 190 Å². The molecule has 0 saturated carbocycles. The molecule has 0 aliphatic carbocycles. The number of likely N-dealkylation sites (tertiary alicyclic amines) is 1. The number of carboxylic acid groups (broad SMARTS) is 2. The molecule has 3 N–H and O–H groups in total. The average molecular weight is 457 g/mol. The molecule has 1 unspecified atom stereocenters. The predicted molar refractivity (Wildman–Crippen MR) is 117 cm³/mol. The van der Waals surface area contributed by atoms with Gasteiger partial charge in [-0.2, -0.15) is 5.26 Å². The van der Waals surface area contributed by atoms with Crippen LogP contribution >= 0.6 is 0 Å². The number of nitrogens with zero attached hydrogens (tertiary/aromatic N) is 4. The number of carbonyl (C=O) groups excluding carboxylic acids is 1. The van der Waals surface area contributed by atoms with Gasteiger partial charge in [-0.25, -0.2) is 14.4 Å². The molecular weight excluding hydrogens is 430 g/mol. The molecule has 33 heavy (non-hydrogen) atoms. The second-order valence-corrected chi connectivity index (χ2v) is 7.36. The van der Waals surface area contributed by atoms with E-state index in [0.29, 0.717) is 26.2 Å². The van der Waals surface area contributed by atoms with Gasteiger partial charge in [0.05, 0.1) is 12.6 Å². The number of carbonyl (C=O) groups is 3. The van der Waals surface area contributed by atoms with Gasteiger partial charge in [-0.1, -0.05) is 30.3 Å².